The number of H-pyrrole nitrogens is 1. The van der Waals surface area contributed by atoms with Crippen molar-refractivity contribution in [2.45, 2.75) is 0 Å². The average molecular weight is 252 g/mol. The molecule has 0 saturated heterocycles. The Morgan fingerprint density at radius 1 is 1.38 bits per heavy atom. The summed E-state index contributed by atoms with van der Waals surface area (Å²) in [4.78, 5) is 16.1. The van der Waals surface area contributed by atoms with E-state index in [2.05, 4.69) is 19.9 Å². The molecule has 0 aliphatic rings. The molecule has 5 nitrogen and oxygen atoms in total. The number of hydrogen-bond donors (Lipinski definition) is 2. The molecule has 3 rings (SSSR count). The standard InChI is InChI=1S/C9H6ClN5S/c10-4-1-2-16-7(4)5-6-8(13-3-12-6)15-9(11)14-5/h1-3H,(H3,11,12,13,14,15). The van der Waals surface area contributed by atoms with Crippen molar-refractivity contribution in [2.75, 3.05) is 5.73 Å². The highest BCUT2D eigenvalue weighted by molar-refractivity contribution is 7.14. The maximum Gasteiger partial charge on any atom is 0.222 e. The zero-order valence-electron chi connectivity index (χ0n) is 7.94. The van der Waals surface area contributed by atoms with Crippen molar-refractivity contribution < 1.29 is 0 Å². The van der Waals surface area contributed by atoms with Crippen LogP contribution in [-0.2, 0) is 0 Å². The van der Waals surface area contributed by atoms with Gasteiger partial charge in [0.1, 0.15) is 11.2 Å². The maximum absolute atomic E-state index is 6.07. The van der Waals surface area contributed by atoms with Gasteiger partial charge in [0.25, 0.3) is 0 Å². The molecule has 0 unspecified atom stereocenters. The lowest BCUT2D eigenvalue weighted by atomic mass is 10.3. The monoisotopic (exact) mass is 251 g/mol. The third-order valence-electron chi connectivity index (χ3n) is 2.14. The van der Waals surface area contributed by atoms with E-state index >= 15 is 0 Å². The van der Waals surface area contributed by atoms with Gasteiger partial charge in [-0.3, -0.25) is 0 Å². The molecule has 0 radical (unpaired) electrons. The molecule has 3 aromatic rings. The maximum atomic E-state index is 6.07. The zero-order valence-corrected chi connectivity index (χ0v) is 9.51. The van der Waals surface area contributed by atoms with E-state index in [9.17, 15) is 0 Å². The number of anilines is 1. The van der Waals surface area contributed by atoms with Crippen LogP contribution in [0, 0.1) is 0 Å². The van der Waals surface area contributed by atoms with Gasteiger partial charge in [0.05, 0.1) is 16.2 Å². The predicted molar refractivity (Wildman–Crippen MR) is 64.4 cm³/mol. The van der Waals surface area contributed by atoms with Gasteiger partial charge in [-0.05, 0) is 11.4 Å². The summed E-state index contributed by atoms with van der Waals surface area (Å²) >= 11 is 7.57. The van der Waals surface area contributed by atoms with Crippen molar-refractivity contribution in [1.82, 2.24) is 19.9 Å². The Hall–Kier alpha value is -1.66. The fraction of sp³-hybridized carbons (Fsp3) is 0. The summed E-state index contributed by atoms with van der Waals surface area (Å²) in [5, 5.41) is 2.55. The largest absolute Gasteiger partial charge is 0.368 e. The number of thiophene rings is 1. The molecule has 0 fully saturated rings. The lowest BCUT2D eigenvalue weighted by molar-refractivity contribution is 1.22. The van der Waals surface area contributed by atoms with Crippen LogP contribution in [0.5, 0.6) is 0 Å². The average Bonchev–Trinajstić information content (AvgIpc) is 2.84. The lowest BCUT2D eigenvalue weighted by Gasteiger charge is -2.00. The van der Waals surface area contributed by atoms with Crippen molar-refractivity contribution >= 4 is 40.0 Å². The van der Waals surface area contributed by atoms with Gasteiger partial charge < -0.3 is 10.7 Å². The van der Waals surface area contributed by atoms with E-state index in [-0.39, 0.29) is 5.95 Å². The van der Waals surface area contributed by atoms with Gasteiger partial charge >= 0.3 is 0 Å². The highest BCUT2D eigenvalue weighted by Crippen LogP contribution is 2.34. The van der Waals surface area contributed by atoms with Crippen LogP contribution in [-0.4, -0.2) is 19.9 Å². The second kappa shape index (κ2) is 3.43. The number of fused-ring (bicyclic) bond motifs is 1. The zero-order chi connectivity index (χ0) is 11.1. The normalized spacial score (nSPS) is 11.1. The topological polar surface area (TPSA) is 80.5 Å². The SMILES string of the molecule is Nc1nc(-c2sccc2Cl)c2[nH]cnc2n1. The Bertz CT molecular complexity index is 659. The number of aromatic nitrogens is 4. The molecule has 0 aromatic carbocycles. The molecular formula is C9H6ClN5S. The Labute approximate surface area is 99.3 Å². The minimum absolute atomic E-state index is 0.194. The molecule has 0 saturated carbocycles. The Morgan fingerprint density at radius 2 is 2.25 bits per heavy atom. The number of hydrogen-bond acceptors (Lipinski definition) is 5. The lowest BCUT2D eigenvalue weighted by Crippen LogP contribution is -1.97. The predicted octanol–water partition coefficient (Wildman–Crippen LogP) is 2.32. The van der Waals surface area contributed by atoms with Crippen LogP contribution < -0.4 is 5.73 Å². The summed E-state index contributed by atoms with van der Waals surface area (Å²) < 4.78 is 0. The van der Waals surface area contributed by atoms with Crippen LogP contribution >= 0.6 is 22.9 Å². The van der Waals surface area contributed by atoms with E-state index in [0.717, 1.165) is 10.4 Å². The molecule has 80 valence electrons. The van der Waals surface area contributed by atoms with E-state index in [1.54, 1.807) is 6.33 Å². The third kappa shape index (κ3) is 1.35. The van der Waals surface area contributed by atoms with Crippen LogP contribution in [0.15, 0.2) is 17.8 Å². The van der Waals surface area contributed by atoms with E-state index in [1.165, 1.54) is 11.3 Å². The molecule has 3 aromatic heterocycles. The van der Waals surface area contributed by atoms with Gasteiger partial charge in [0, 0.05) is 0 Å². The molecule has 0 spiro atoms. The van der Waals surface area contributed by atoms with E-state index in [0.29, 0.717) is 16.4 Å². The number of nitrogens with zero attached hydrogens (tertiary/aromatic N) is 3. The van der Waals surface area contributed by atoms with E-state index in [4.69, 9.17) is 17.3 Å². The molecule has 0 aliphatic carbocycles. The van der Waals surface area contributed by atoms with Gasteiger partial charge in [-0.15, -0.1) is 11.3 Å². The third-order valence-corrected chi connectivity index (χ3v) is 3.48. The van der Waals surface area contributed by atoms with Crippen molar-refractivity contribution in [2.24, 2.45) is 0 Å². The molecule has 0 aliphatic heterocycles. The van der Waals surface area contributed by atoms with Crippen molar-refractivity contribution in [3.63, 3.8) is 0 Å². The Morgan fingerprint density at radius 3 is 3.00 bits per heavy atom. The number of halogens is 1. The summed E-state index contributed by atoms with van der Waals surface area (Å²) in [6.07, 6.45) is 1.56. The van der Waals surface area contributed by atoms with Crippen LogP contribution in [0.2, 0.25) is 5.02 Å². The molecular weight excluding hydrogens is 246 g/mol. The summed E-state index contributed by atoms with van der Waals surface area (Å²) in [5.74, 6) is 0.194. The first kappa shape index (κ1) is 9.56. The van der Waals surface area contributed by atoms with Gasteiger partial charge in [-0.25, -0.2) is 9.97 Å². The molecule has 7 heteroatoms. The first-order valence-electron chi connectivity index (χ1n) is 4.45. The van der Waals surface area contributed by atoms with Gasteiger partial charge in [-0.2, -0.15) is 4.98 Å². The Balaban J connectivity index is 2.38. The van der Waals surface area contributed by atoms with Gasteiger partial charge in [0.2, 0.25) is 5.95 Å². The van der Waals surface area contributed by atoms with Crippen LogP contribution in [0.3, 0.4) is 0 Å². The van der Waals surface area contributed by atoms with Crippen LogP contribution in [0.1, 0.15) is 0 Å². The molecule has 3 heterocycles. The number of nitrogens with two attached hydrogens (primary N) is 1. The number of aromatic amines is 1. The fourth-order valence-corrected chi connectivity index (χ4v) is 2.62. The fourth-order valence-electron chi connectivity index (χ4n) is 1.48. The highest BCUT2D eigenvalue weighted by Gasteiger charge is 2.14. The second-order valence-corrected chi connectivity index (χ2v) is 4.45. The van der Waals surface area contributed by atoms with E-state index < -0.39 is 0 Å². The number of rotatable bonds is 1. The second-order valence-electron chi connectivity index (χ2n) is 3.13. The first-order chi connectivity index (χ1) is 7.75. The van der Waals surface area contributed by atoms with Crippen molar-refractivity contribution in [3.05, 3.63) is 22.8 Å². The summed E-state index contributed by atoms with van der Waals surface area (Å²) in [6.45, 7) is 0. The first-order valence-corrected chi connectivity index (χ1v) is 5.71. The van der Waals surface area contributed by atoms with Crippen LogP contribution in [0.25, 0.3) is 21.7 Å². The minimum Gasteiger partial charge on any atom is -0.368 e. The number of imidazole rings is 1. The number of nitrogens with one attached hydrogen (secondary N) is 1. The van der Waals surface area contributed by atoms with Crippen molar-refractivity contribution in [3.8, 4) is 10.6 Å². The number of nitrogen functional groups attached to an aromatic ring is 1. The Kier molecular flexibility index (Phi) is 2.05. The van der Waals surface area contributed by atoms with Gasteiger partial charge in [0.15, 0.2) is 5.65 Å². The molecule has 0 bridgehead atoms. The minimum atomic E-state index is 0.194. The molecule has 3 N–H and O–H groups in total. The highest BCUT2D eigenvalue weighted by atomic mass is 35.5. The molecule has 0 atom stereocenters. The van der Waals surface area contributed by atoms with E-state index in [1.807, 2.05) is 11.4 Å². The molecule has 0 amide bonds. The van der Waals surface area contributed by atoms with Crippen molar-refractivity contribution in [1.29, 1.82) is 0 Å². The summed E-state index contributed by atoms with van der Waals surface area (Å²) in [5.41, 5.74) is 7.62. The molecule has 16 heavy (non-hydrogen) atoms. The summed E-state index contributed by atoms with van der Waals surface area (Å²) in [7, 11) is 0. The quantitative estimate of drug-likeness (QED) is 0.696. The summed E-state index contributed by atoms with van der Waals surface area (Å²) in [6, 6.07) is 1.82. The smallest absolute Gasteiger partial charge is 0.222 e. The van der Waals surface area contributed by atoms with Crippen LogP contribution in [0.4, 0.5) is 5.95 Å². The van der Waals surface area contributed by atoms with Gasteiger partial charge in [-0.1, -0.05) is 11.6 Å².